The molecule has 2 saturated carbocycles. The fourth-order valence-electron chi connectivity index (χ4n) is 8.43. The molecule has 0 spiro atoms. The van der Waals surface area contributed by atoms with Gasteiger partial charge in [-0.25, -0.2) is 0 Å². The van der Waals surface area contributed by atoms with Crippen molar-refractivity contribution in [2.24, 2.45) is 44.3 Å². The monoisotopic (exact) mass is 1430 g/mol. The largest absolute Gasteiger partial charge is 0.460 e. The lowest BCUT2D eigenvalue weighted by Gasteiger charge is -2.38. The summed E-state index contributed by atoms with van der Waals surface area (Å²) in [5, 5.41) is 0. The normalized spacial score (nSPS) is 13.3. The van der Waals surface area contributed by atoms with E-state index in [1.165, 1.54) is 57.8 Å². The number of rotatable bonds is 25. The molecule has 0 heterocycles. The predicted molar refractivity (Wildman–Crippen MR) is 445 cm³/mol. The Balaban J connectivity index is -0.0000000584. The molecule has 614 valence electrons. The summed E-state index contributed by atoms with van der Waals surface area (Å²) < 4.78 is 33.4. The molecule has 0 N–H and O–H groups in total. The Bertz CT molecular complexity index is 1970. The number of hydrogen-bond donors (Lipinski definition) is 0. The molecule has 2 aliphatic carbocycles. The third-order valence-electron chi connectivity index (χ3n) is 19.3. The van der Waals surface area contributed by atoms with Crippen molar-refractivity contribution in [3.05, 3.63) is 0 Å². The summed E-state index contributed by atoms with van der Waals surface area (Å²) in [7, 11) is 0. The molecule has 0 saturated heterocycles. The standard InChI is InChI=1S/C15H28O2.C14H26O2.C13H26O2.C12H24O2.C11H22O2.C10H20O2.12CH4/c1-6-14(2,3)13(16)17-15(4,5)12-10-8-7-9-11-12;1-6-13(2,3)12(15)16-14(4,5)11-9-7-8-10-11;1-7-12(5,6)11(14)15-13(8-2,9-3)10-4;1-7-9-12(5,6)14-10(13)11(3,4)8-2;1-7-10(3,4)9(12)13-11(5,6)8-2;1-7-10(5,6)8(11)12-9(2,3)4;;;;;;;;;;;;/h12H,6-11H2,1-5H3;11H,6-10H2,1-5H3;7-10H2,1-6H3;7-9H2,1-6H3;7-8H2,1-6H3;7H2,1-6H3;12*1H4. The number of ether oxygens (including phenoxy) is 6. The minimum atomic E-state index is -0.372. The summed E-state index contributed by atoms with van der Waals surface area (Å²) in [6.45, 7) is 67.4. The molecule has 0 aromatic rings. The molecule has 0 amide bonds. The maximum atomic E-state index is 12.1. The van der Waals surface area contributed by atoms with Crippen LogP contribution in [0.5, 0.6) is 0 Å². The van der Waals surface area contributed by atoms with Gasteiger partial charge in [0.15, 0.2) is 0 Å². The minimum absolute atomic E-state index is 0. The second-order valence-electron chi connectivity index (χ2n) is 32.3. The Morgan fingerprint density at radius 2 is 0.455 bits per heavy atom. The zero-order chi connectivity index (χ0) is 69.7. The molecule has 0 unspecified atom stereocenters. The first-order valence-electron chi connectivity index (χ1n) is 34.6. The van der Waals surface area contributed by atoms with E-state index in [2.05, 4.69) is 55.4 Å². The van der Waals surface area contributed by atoms with Crippen LogP contribution in [0.1, 0.15) is 459 Å². The van der Waals surface area contributed by atoms with Crippen molar-refractivity contribution in [3.8, 4) is 0 Å². The predicted octanol–water partition coefficient (Wildman–Crippen LogP) is 29.3. The fourth-order valence-corrected chi connectivity index (χ4v) is 8.43. The van der Waals surface area contributed by atoms with Crippen LogP contribution in [0.4, 0.5) is 0 Å². The van der Waals surface area contributed by atoms with Gasteiger partial charge in [0.2, 0.25) is 0 Å². The van der Waals surface area contributed by atoms with Crippen LogP contribution in [0.15, 0.2) is 0 Å². The zero-order valence-electron chi connectivity index (χ0n) is 63.9. The van der Waals surface area contributed by atoms with Crippen molar-refractivity contribution < 1.29 is 57.2 Å². The van der Waals surface area contributed by atoms with E-state index in [9.17, 15) is 28.8 Å². The Morgan fingerprint density at radius 3 is 0.657 bits per heavy atom. The highest BCUT2D eigenvalue weighted by atomic mass is 16.6. The topological polar surface area (TPSA) is 158 Å². The zero-order valence-corrected chi connectivity index (χ0v) is 63.9. The third-order valence-corrected chi connectivity index (χ3v) is 19.3. The van der Waals surface area contributed by atoms with Crippen LogP contribution in [0.3, 0.4) is 0 Å². The highest BCUT2D eigenvalue weighted by Gasteiger charge is 2.41. The lowest BCUT2D eigenvalue weighted by Crippen LogP contribution is -2.41. The first kappa shape index (κ1) is 135. The number of carbonyl (C=O) groups is 6. The van der Waals surface area contributed by atoms with Crippen molar-refractivity contribution >= 4 is 35.8 Å². The van der Waals surface area contributed by atoms with Crippen LogP contribution in [-0.4, -0.2) is 69.4 Å². The van der Waals surface area contributed by atoms with Gasteiger partial charge in [-0.05, 0) is 267 Å². The van der Waals surface area contributed by atoms with Gasteiger partial charge in [-0.2, -0.15) is 0 Å². The number of carbonyl (C=O) groups excluding carboxylic acids is 6. The van der Waals surface area contributed by atoms with Gasteiger partial charge in [-0.3, -0.25) is 28.8 Å². The molecule has 0 aliphatic heterocycles. The second-order valence-corrected chi connectivity index (χ2v) is 32.3. The van der Waals surface area contributed by atoms with Gasteiger partial charge in [0.1, 0.15) is 33.6 Å². The molecular formula is C87H194O12. The van der Waals surface area contributed by atoms with Crippen molar-refractivity contribution in [2.75, 3.05) is 0 Å². The van der Waals surface area contributed by atoms with Gasteiger partial charge in [-0.15, -0.1) is 0 Å². The average Bonchev–Trinajstić information content (AvgIpc) is 1.73. The number of hydrogen-bond acceptors (Lipinski definition) is 12. The summed E-state index contributed by atoms with van der Waals surface area (Å²) in [5.41, 5.74) is -3.99. The van der Waals surface area contributed by atoms with Crippen LogP contribution < -0.4 is 0 Å². The summed E-state index contributed by atoms with van der Waals surface area (Å²) in [5.74, 6) is 0.632. The number of esters is 6. The molecular weight excluding hydrogens is 1240 g/mol. The quantitative estimate of drug-likeness (QED) is 0.0630. The lowest BCUT2D eigenvalue weighted by atomic mass is 9.78. The molecule has 2 rings (SSSR count). The molecule has 0 aromatic carbocycles. The van der Waals surface area contributed by atoms with E-state index < -0.39 is 0 Å². The Labute approximate surface area is 627 Å². The van der Waals surface area contributed by atoms with E-state index >= 15 is 0 Å². The highest BCUT2D eigenvalue weighted by molar-refractivity contribution is 5.78. The van der Waals surface area contributed by atoms with E-state index in [4.69, 9.17) is 28.4 Å². The molecule has 0 radical (unpaired) electrons. The van der Waals surface area contributed by atoms with Gasteiger partial charge >= 0.3 is 35.8 Å². The molecule has 0 atom stereocenters. The minimum Gasteiger partial charge on any atom is -0.460 e. The second kappa shape index (κ2) is 58.1. The molecule has 0 bridgehead atoms. The lowest BCUT2D eigenvalue weighted by molar-refractivity contribution is -0.174. The first-order chi connectivity index (χ1) is 39.1. The maximum Gasteiger partial charge on any atom is 0.312 e. The maximum absolute atomic E-state index is 12.1. The van der Waals surface area contributed by atoms with Crippen molar-refractivity contribution in [3.63, 3.8) is 0 Å². The van der Waals surface area contributed by atoms with Gasteiger partial charge in [0.05, 0.1) is 32.5 Å². The van der Waals surface area contributed by atoms with E-state index in [-0.39, 0.29) is 191 Å². The summed E-state index contributed by atoms with van der Waals surface area (Å²) >= 11 is 0. The molecule has 99 heavy (non-hydrogen) atoms. The first-order valence-corrected chi connectivity index (χ1v) is 34.6. The van der Waals surface area contributed by atoms with E-state index in [1.807, 2.05) is 180 Å². The van der Waals surface area contributed by atoms with Gasteiger partial charge in [0, 0.05) is 0 Å². The van der Waals surface area contributed by atoms with E-state index in [0.717, 1.165) is 77.0 Å². The van der Waals surface area contributed by atoms with Crippen molar-refractivity contribution in [1.29, 1.82) is 0 Å². The van der Waals surface area contributed by atoms with Crippen LogP contribution in [-0.2, 0) is 57.2 Å². The smallest absolute Gasteiger partial charge is 0.312 e. The Kier molecular flexibility index (Phi) is 79.4. The van der Waals surface area contributed by atoms with E-state index in [0.29, 0.717) is 11.8 Å². The molecule has 12 nitrogen and oxygen atoms in total. The van der Waals surface area contributed by atoms with Crippen LogP contribution in [0.2, 0.25) is 0 Å². The SMILES string of the molecule is C.C.C.C.C.C.C.C.C.C.C.C.CCC(C)(C)C(=O)OC(C)(C)C.CCC(C)(C)C(=O)OC(C)(C)C1CCCC1.CCC(C)(C)C(=O)OC(C)(C)C1CCCCC1.CCC(C)(C)OC(=O)C(C)(C)CC.CCC(CC)(CC)OC(=O)C(C)(C)CC.CCCC(C)(C)OC(=O)C(C)(C)CC. The third kappa shape index (κ3) is 53.3. The van der Waals surface area contributed by atoms with Gasteiger partial charge < -0.3 is 28.4 Å². The highest BCUT2D eigenvalue weighted by Crippen LogP contribution is 2.39. The average molecular weight is 1430 g/mol. The van der Waals surface area contributed by atoms with Crippen LogP contribution in [0, 0.1) is 44.3 Å². The van der Waals surface area contributed by atoms with E-state index in [1.54, 1.807) is 0 Å². The summed E-state index contributed by atoms with van der Waals surface area (Å²) in [6, 6.07) is 0. The Hall–Kier alpha value is -3.18. The molecule has 0 aromatic heterocycles. The molecule has 2 fully saturated rings. The summed E-state index contributed by atoms with van der Waals surface area (Å²) in [4.78, 5) is 71.0. The Morgan fingerprint density at radius 1 is 0.253 bits per heavy atom. The summed E-state index contributed by atoms with van der Waals surface area (Å²) in [6.07, 6.45) is 21.6. The van der Waals surface area contributed by atoms with Crippen molar-refractivity contribution in [1.82, 2.24) is 0 Å². The van der Waals surface area contributed by atoms with Gasteiger partial charge in [0.25, 0.3) is 0 Å². The van der Waals surface area contributed by atoms with Crippen LogP contribution in [0.25, 0.3) is 0 Å². The van der Waals surface area contributed by atoms with Gasteiger partial charge in [-0.1, -0.05) is 204 Å². The molecule has 2 aliphatic rings. The van der Waals surface area contributed by atoms with Crippen molar-refractivity contribution in [2.45, 2.75) is 493 Å². The fraction of sp³-hybridized carbons (Fsp3) is 0.931. The molecule has 12 heteroatoms. The van der Waals surface area contributed by atoms with Crippen LogP contribution >= 0.6 is 0 Å².